The van der Waals surface area contributed by atoms with Crippen LogP contribution in [0.5, 0.6) is 5.75 Å². The topological polar surface area (TPSA) is 70.6 Å². The number of carbonyl (C=O) groups is 1. The molecule has 5 nitrogen and oxygen atoms in total. The van der Waals surface area contributed by atoms with Crippen molar-refractivity contribution in [2.75, 3.05) is 13.7 Å². The number of carboxylic acid groups (broad SMARTS) is 1. The van der Waals surface area contributed by atoms with Gasteiger partial charge in [-0.1, -0.05) is 0 Å². The van der Waals surface area contributed by atoms with E-state index < -0.39 is 29.8 Å². The number of halogens is 2. The first-order chi connectivity index (χ1) is 9.52. The molecule has 110 valence electrons. The van der Waals surface area contributed by atoms with E-state index in [0.717, 1.165) is 18.6 Å². The molecule has 7 heteroatoms. The quantitative estimate of drug-likeness (QED) is 0.795. The number of amides is 1. The highest BCUT2D eigenvalue weighted by Crippen LogP contribution is 2.30. The number of hydrogen-bond donors (Lipinski definition) is 3. The molecule has 0 aliphatic carbocycles. The Hall–Kier alpha value is -1.89. The van der Waals surface area contributed by atoms with Gasteiger partial charge in [-0.2, -0.15) is 0 Å². The largest absolute Gasteiger partial charge is 0.497 e. The van der Waals surface area contributed by atoms with Gasteiger partial charge in [0, 0.05) is 17.7 Å². The molecule has 1 aromatic rings. The van der Waals surface area contributed by atoms with Gasteiger partial charge in [-0.3, -0.25) is 0 Å². The lowest BCUT2D eigenvalue weighted by Gasteiger charge is -2.33. The minimum Gasteiger partial charge on any atom is -0.497 e. The summed E-state index contributed by atoms with van der Waals surface area (Å²) >= 11 is 0. The van der Waals surface area contributed by atoms with Crippen molar-refractivity contribution in [1.29, 1.82) is 0 Å². The summed E-state index contributed by atoms with van der Waals surface area (Å²) in [5.41, 5.74) is -0.163. The molecule has 1 heterocycles. The van der Waals surface area contributed by atoms with Crippen LogP contribution in [0.3, 0.4) is 0 Å². The Labute approximate surface area is 114 Å². The van der Waals surface area contributed by atoms with Gasteiger partial charge in [-0.15, -0.1) is 0 Å². The van der Waals surface area contributed by atoms with Crippen molar-refractivity contribution in [1.82, 2.24) is 10.6 Å². The van der Waals surface area contributed by atoms with E-state index in [1.165, 1.54) is 7.11 Å². The van der Waals surface area contributed by atoms with Gasteiger partial charge in [0.2, 0.25) is 0 Å². The molecule has 2 atom stereocenters. The zero-order valence-corrected chi connectivity index (χ0v) is 11.0. The molecular formula is C13H16F2N2O3. The highest BCUT2D eigenvalue weighted by Gasteiger charge is 2.32. The minimum absolute atomic E-state index is 0.0855. The van der Waals surface area contributed by atoms with E-state index in [4.69, 9.17) is 9.84 Å². The van der Waals surface area contributed by atoms with Gasteiger partial charge in [0.15, 0.2) is 0 Å². The molecule has 1 aromatic carbocycles. The van der Waals surface area contributed by atoms with Gasteiger partial charge in [0.25, 0.3) is 0 Å². The van der Waals surface area contributed by atoms with E-state index in [0.29, 0.717) is 13.0 Å². The lowest BCUT2D eigenvalue weighted by molar-refractivity contribution is 0.180. The fourth-order valence-corrected chi connectivity index (χ4v) is 2.48. The van der Waals surface area contributed by atoms with Crippen molar-refractivity contribution in [2.45, 2.75) is 24.9 Å². The summed E-state index contributed by atoms with van der Waals surface area (Å²) in [6, 6.07) is 0.878. The zero-order valence-electron chi connectivity index (χ0n) is 11.0. The zero-order chi connectivity index (χ0) is 14.7. The predicted octanol–water partition coefficient (Wildman–Crippen LogP) is 2.03. The smallest absolute Gasteiger partial charge is 0.404 e. The molecule has 3 N–H and O–H groups in total. The van der Waals surface area contributed by atoms with E-state index in [-0.39, 0.29) is 11.3 Å². The van der Waals surface area contributed by atoms with Crippen LogP contribution in [-0.4, -0.2) is 30.9 Å². The van der Waals surface area contributed by atoms with E-state index >= 15 is 0 Å². The van der Waals surface area contributed by atoms with E-state index in [1.54, 1.807) is 0 Å². The second-order valence-electron chi connectivity index (χ2n) is 4.63. The van der Waals surface area contributed by atoms with Gasteiger partial charge >= 0.3 is 6.09 Å². The fourth-order valence-electron chi connectivity index (χ4n) is 2.48. The van der Waals surface area contributed by atoms with Crippen LogP contribution in [0.25, 0.3) is 0 Å². The molecule has 1 saturated heterocycles. The summed E-state index contributed by atoms with van der Waals surface area (Å²) in [5.74, 6) is -1.42. The van der Waals surface area contributed by atoms with Crippen LogP contribution in [0.1, 0.15) is 24.4 Å². The van der Waals surface area contributed by atoms with Crippen LogP contribution in [0, 0.1) is 11.6 Å². The van der Waals surface area contributed by atoms with Gasteiger partial charge < -0.3 is 20.5 Å². The van der Waals surface area contributed by atoms with E-state index in [2.05, 4.69) is 10.6 Å². The summed E-state index contributed by atoms with van der Waals surface area (Å²) in [7, 11) is 1.32. The maximum Gasteiger partial charge on any atom is 0.404 e. The average molecular weight is 286 g/mol. The maximum absolute atomic E-state index is 14.1. The fraction of sp³-hybridized carbons (Fsp3) is 0.462. The van der Waals surface area contributed by atoms with Crippen LogP contribution in [0.4, 0.5) is 13.6 Å². The molecule has 1 amide bonds. The van der Waals surface area contributed by atoms with E-state index in [1.807, 2.05) is 0 Å². The van der Waals surface area contributed by atoms with Crippen molar-refractivity contribution in [3.05, 3.63) is 29.3 Å². The molecule has 0 aromatic heterocycles. The summed E-state index contributed by atoms with van der Waals surface area (Å²) in [5, 5.41) is 14.1. The lowest BCUT2D eigenvalue weighted by atomic mass is 9.91. The molecule has 1 aliphatic heterocycles. The summed E-state index contributed by atoms with van der Waals surface area (Å²) in [4.78, 5) is 10.8. The molecule has 2 unspecified atom stereocenters. The Kier molecular flexibility index (Phi) is 4.39. The van der Waals surface area contributed by atoms with Gasteiger partial charge in [0.05, 0.1) is 19.2 Å². The molecule has 0 spiro atoms. The molecule has 0 bridgehead atoms. The number of methoxy groups -OCH3 is 1. The third-order valence-electron chi connectivity index (χ3n) is 3.37. The van der Waals surface area contributed by atoms with Crippen LogP contribution in [0.2, 0.25) is 0 Å². The standard InChI is InChI=1S/C13H16F2N2O3/c1-20-7-5-8(14)11(9(15)6-7)12-10(17-13(18)19)3-2-4-16-12/h5-6,10,12,16-17H,2-4H2,1H3,(H,18,19). The normalized spacial score (nSPS) is 22.4. The number of nitrogens with one attached hydrogen (secondary N) is 2. The molecule has 0 radical (unpaired) electrons. The Morgan fingerprint density at radius 2 is 2.10 bits per heavy atom. The van der Waals surface area contributed by atoms with Crippen molar-refractivity contribution in [3.8, 4) is 5.75 Å². The number of benzene rings is 1. The first-order valence-electron chi connectivity index (χ1n) is 6.28. The second-order valence-corrected chi connectivity index (χ2v) is 4.63. The number of ether oxygens (including phenoxy) is 1. The third kappa shape index (κ3) is 2.98. The van der Waals surface area contributed by atoms with Gasteiger partial charge in [-0.05, 0) is 19.4 Å². The lowest BCUT2D eigenvalue weighted by Crippen LogP contribution is -2.48. The maximum atomic E-state index is 14.1. The molecule has 1 aliphatic rings. The molecule has 2 rings (SSSR count). The van der Waals surface area contributed by atoms with E-state index in [9.17, 15) is 13.6 Å². The first kappa shape index (κ1) is 14.5. The van der Waals surface area contributed by atoms with Crippen LogP contribution < -0.4 is 15.4 Å². The van der Waals surface area contributed by atoms with Crippen LogP contribution in [0.15, 0.2) is 12.1 Å². The Morgan fingerprint density at radius 1 is 1.45 bits per heavy atom. The van der Waals surface area contributed by atoms with Crippen LogP contribution >= 0.6 is 0 Å². The second kappa shape index (κ2) is 6.04. The SMILES string of the molecule is COc1cc(F)c(C2NCCCC2NC(=O)O)c(F)c1. The average Bonchev–Trinajstić information content (AvgIpc) is 2.39. The Bertz CT molecular complexity index is 487. The first-order valence-corrected chi connectivity index (χ1v) is 6.28. The summed E-state index contributed by atoms with van der Waals surface area (Å²) in [6.45, 7) is 0.577. The van der Waals surface area contributed by atoms with Crippen LogP contribution in [-0.2, 0) is 0 Å². The number of piperidine rings is 1. The highest BCUT2D eigenvalue weighted by molar-refractivity contribution is 5.65. The predicted molar refractivity (Wildman–Crippen MR) is 67.8 cm³/mol. The molecular weight excluding hydrogens is 270 g/mol. The molecule has 20 heavy (non-hydrogen) atoms. The summed E-state index contributed by atoms with van der Waals surface area (Å²) in [6.07, 6.45) is 0.0495. The van der Waals surface area contributed by atoms with Gasteiger partial charge in [-0.25, -0.2) is 13.6 Å². The van der Waals surface area contributed by atoms with Crippen molar-refractivity contribution < 1.29 is 23.4 Å². The Balaban J connectivity index is 2.34. The third-order valence-corrected chi connectivity index (χ3v) is 3.37. The molecule has 0 saturated carbocycles. The van der Waals surface area contributed by atoms with Gasteiger partial charge in [0.1, 0.15) is 17.4 Å². The Morgan fingerprint density at radius 3 is 2.65 bits per heavy atom. The number of rotatable bonds is 3. The highest BCUT2D eigenvalue weighted by atomic mass is 19.1. The molecule has 1 fully saturated rings. The minimum atomic E-state index is -1.21. The van der Waals surface area contributed by atoms with Crippen molar-refractivity contribution in [3.63, 3.8) is 0 Å². The van der Waals surface area contributed by atoms with Crippen molar-refractivity contribution >= 4 is 6.09 Å². The van der Waals surface area contributed by atoms with Crippen molar-refractivity contribution in [2.24, 2.45) is 0 Å². The summed E-state index contributed by atoms with van der Waals surface area (Å²) < 4.78 is 32.9. The monoisotopic (exact) mass is 286 g/mol. The number of hydrogen-bond acceptors (Lipinski definition) is 3.